The Kier molecular flexibility index (Phi) is 6.64. The van der Waals surface area contributed by atoms with E-state index < -0.39 is 17.6 Å². The minimum absolute atomic E-state index is 0.00396. The van der Waals surface area contributed by atoms with Crippen molar-refractivity contribution in [1.82, 2.24) is 0 Å². The average Bonchev–Trinajstić information content (AvgIpc) is 2.73. The summed E-state index contributed by atoms with van der Waals surface area (Å²) in [5.41, 5.74) is -0.847. The summed E-state index contributed by atoms with van der Waals surface area (Å²) < 4.78 is 45.2. The van der Waals surface area contributed by atoms with E-state index in [4.69, 9.17) is 4.74 Å². The molecule has 0 radical (unpaired) electrons. The molecule has 1 saturated carbocycles. The Morgan fingerprint density at radius 2 is 1.60 bits per heavy atom. The monoisotopic (exact) mass is 420 g/mol. The number of hydrogen-bond donors (Lipinski definition) is 2. The number of ether oxygens (including phenoxy) is 1. The predicted octanol–water partition coefficient (Wildman–Crippen LogP) is 5.49. The van der Waals surface area contributed by atoms with E-state index in [1.807, 2.05) is 0 Å². The second-order valence-electron chi connectivity index (χ2n) is 7.28. The first-order chi connectivity index (χ1) is 14.3. The fourth-order valence-electron chi connectivity index (χ4n) is 3.58. The third-order valence-corrected chi connectivity index (χ3v) is 5.11. The van der Waals surface area contributed by atoms with Gasteiger partial charge in [0.1, 0.15) is 5.75 Å². The number of carbonyl (C=O) groups excluding carboxylic acids is 2. The molecule has 30 heavy (non-hydrogen) atoms. The summed E-state index contributed by atoms with van der Waals surface area (Å²) in [6.07, 6.45) is -0.256. The number of alkyl halides is 3. The lowest BCUT2D eigenvalue weighted by molar-refractivity contribution is -0.137. The van der Waals surface area contributed by atoms with Crippen LogP contribution in [-0.4, -0.2) is 18.9 Å². The molecule has 2 N–H and O–H groups in total. The van der Waals surface area contributed by atoms with Gasteiger partial charge >= 0.3 is 6.18 Å². The number of amides is 2. The van der Waals surface area contributed by atoms with Crippen LogP contribution in [0.15, 0.2) is 42.5 Å². The number of para-hydroxylation sites is 1. The van der Waals surface area contributed by atoms with Gasteiger partial charge in [-0.3, -0.25) is 9.59 Å². The molecule has 0 bridgehead atoms. The summed E-state index contributed by atoms with van der Waals surface area (Å²) in [5.74, 6) is -0.819. The fraction of sp³-hybridized carbons (Fsp3) is 0.364. The van der Waals surface area contributed by atoms with E-state index in [0.29, 0.717) is 5.75 Å². The summed E-state index contributed by atoms with van der Waals surface area (Å²) in [5, 5.41) is 5.05. The first kappa shape index (κ1) is 21.7. The number of hydrogen-bond acceptors (Lipinski definition) is 3. The zero-order valence-electron chi connectivity index (χ0n) is 16.5. The molecule has 0 aromatic heterocycles. The van der Waals surface area contributed by atoms with E-state index in [1.165, 1.54) is 19.2 Å². The van der Waals surface area contributed by atoms with Gasteiger partial charge in [-0.05, 0) is 43.2 Å². The van der Waals surface area contributed by atoms with Gasteiger partial charge in [0.2, 0.25) is 5.91 Å². The second kappa shape index (κ2) is 9.19. The lowest BCUT2D eigenvalue weighted by Gasteiger charge is -2.21. The first-order valence-electron chi connectivity index (χ1n) is 9.75. The summed E-state index contributed by atoms with van der Waals surface area (Å²) in [6, 6.07) is 9.43. The van der Waals surface area contributed by atoms with Gasteiger partial charge in [-0.25, -0.2) is 0 Å². The van der Waals surface area contributed by atoms with E-state index >= 15 is 0 Å². The van der Waals surface area contributed by atoms with Gasteiger partial charge in [0.05, 0.1) is 18.2 Å². The lowest BCUT2D eigenvalue weighted by Crippen LogP contribution is -2.25. The Balaban J connectivity index is 1.85. The topological polar surface area (TPSA) is 67.4 Å². The van der Waals surface area contributed by atoms with Gasteiger partial charge in [-0.15, -0.1) is 0 Å². The highest BCUT2D eigenvalue weighted by atomic mass is 19.4. The second-order valence-corrected chi connectivity index (χ2v) is 7.28. The quantitative estimate of drug-likeness (QED) is 0.673. The summed E-state index contributed by atoms with van der Waals surface area (Å²) in [6.45, 7) is 0. The molecule has 0 heterocycles. The molecule has 0 unspecified atom stereocenters. The Morgan fingerprint density at radius 1 is 0.967 bits per heavy atom. The molecule has 8 heteroatoms. The van der Waals surface area contributed by atoms with E-state index in [-0.39, 0.29) is 28.8 Å². The maximum absolute atomic E-state index is 13.4. The molecule has 1 aliphatic rings. The van der Waals surface area contributed by atoms with Crippen molar-refractivity contribution in [3.8, 4) is 5.75 Å². The maximum Gasteiger partial charge on any atom is 0.416 e. The van der Waals surface area contributed by atoms with Crippen molar-refractivity contribution < 1.29 is 27.5 Å². The van der Waals surface area contributed by atoms with Crippen molar-refractivity contribution in [1.29, 1.82) is 0 Å². The largest absolute Gasteiger partial charge is 0.496 e. The third kappa shape index (κ3) is 5.31. The Hall–Kier alpha value is -3.03. The smallest absolute Gasteiger partial charge is 0.416 e. The Morgan fingerprint density at radius 3 is 2.23 bits per heavy atom. The van der Waals surface area contributed by atoms with Crippen LogP contribution < -0.4 is 15.4 Å². The molecule has 0 spiro atoms. The average molecular weight is 420 g/mol. The highest BCUT2D eigenvalue weighted by Crippen LogP contribution is 2.34. The number of halogens is 3. The van der Waals surface area contributed by atoms with Crippen LogP contribution in [0.3, 0.4) is 0 Å². The molecule has 1 fully saturated rings. The number of rotatable bonds is 5. The van der Waals surface area contributed by atoms with Gasteiger partial charge in [-0.1, -0.05) is 31.4 Å². The molecule has 2 aromatic rings. The van der Waals surface area contributed by atoms with E-state index in [0.717, 1.165) is 44.2 Å². The highest BCUT2D eigenvalue weighted by Gasteiger charge is 2.32. The molecule has 0 saturated heterocycles. The minimum atomic E-state index is -4.63. The summed E-state index contributed by atoms with van der Waals surface area (Å²) >= 11 is 0. The molecule has 5 nitrogen and oxygen atoms in total. The van der Waals surface area contributed by atoms with Crippen LogP contribution in [0, 0.1) is 5.92 Å². The number of benzene rings is 2. The van der Waals surface area contributed by atoms with E-state index in [2.05, 4.69) is 10.6 Å². The van der Waals surface area contributed by atoms with Crippen molar-refractivity contribution >= 4 is 23.2 Å². The molecule has 2 aromatic carbocycles. The minimum Gasteiger partial charge on any atom is -0.496 e. The zero-order chi connectivity index (χ0) is 21.7. The van der Waals surface area contributed by atoms with Gasteiger partial charge in [0.15, 0.2) is 0 Å². The normalized spacial score (nSPS) is 14.8. The number of carbonyl (C=O) groups is 2. The fourth-order valence-corrected chi connectivity index (χ4v) is 3.58. The van der Waals surface area contributed by atoms with Crippen LogP contribution >= 0.6 is 0 Å². The van der Waals surface area contributed by atoms with Gasteiger partial charge in [0.25, 0.3) is 5.91 Å². The number of anilines is 2. The molecule has 3 rings (SSSR count). The van der Waals surface area contributed by atoms with Crippen LogP contribution in [0.5, 0.6) is 5.75 Å². The number of nitrogens with one attached hydrogen (secondary N) is 2. The van der Waals surface area contributed by atoms with Crippen molar-refractivity contribution in [2.75, 3.05) is 17.7 Å². The van der Waals surface area contributed by atoms with E-state index in [1.54, 1.807) is 18.2 Å². The van der Waals surface area contributed by atoms with Crippen LogP contribution in [0.4, 0.5) is 24.5 Å². The van der Waals surface area contributed by atoms with Crippen molar-refractivity contribution in [2.45, 2.75) is 38.3 Å². The molecule has 1 aliphatic carbocycles. The zero-order valence-corrected chi connectivity index (χ0v) is 16.5. The third-order valence-electron chi connectivity index (χ3n) is 5.11. The SMILES string of the molecule is COc1ccccc1C(=O)Nc1cc(NC(=O)C2CCCCC2)cc(C(F)(F)F)c1. The lowest BCUT2D eigenvalue weighted by atomic mass is 9.88. The molecule has 0 atom stereocenters. The van der Waals surface area contributed by atoms with Crippen LogP contribution in [0.25, 0.3) is 0 Å². The Labute approximate surface area is 172 Å². The first-order valence-corrected chi connectivity index (χ1v) is 9.75. The number of methoxy groups -OCH3 is 1. The molecule has 160 valence electrons. The van der Waals surface area contributed by atoms with Gasteiger partial charge in [-0.2, -0.15) is 13.2 Å². The summed E-state index contributed by atoms with van der Waals surface area (Å²) in [7, 11) is 1.40. The van der Waals surface area contributed by atoms with Crippen molar-refractivity contribution in [3.05, 3.63) is 53.6 Å². The maximum atomic E-state index is 13.4. The van der Waals surface area contributed by atoms with E-state index in [9.17, 15) is 22.8 Å². The van der Waals surface area contributed by atoms with Crippen LogP contribution in [0.1, 0.15) is 48.0 Å². The standard InChI is InChI=1S/C22H23F3N2O3/c1-30-19-10-6-5-9-18(19)21(29)27-17-12-15(22(23,24)25)11-16(13-17)26-20(28)14-7-3-2-4-8-14/h5-6,9-14H,2-4,7-8H2,1H3,(H,26,28)(H,27,29). The predicted molar refractivity (Wildman–Crippen MR) is 108 cm³/mol. The molecular formula is C22H23F3N2O3. The van der Waals surface area contributed by atoms with Gasteiger partial charge in [0, 0.05) is 17.3 Å². The van der Waals surface area contributed by atoms with Crippen LogP contribution in [-0.2, 0) is 11.0 Å². The highest BCUT2D eigenvalue weighted by molar-refractivity contribution is 6.06. The molecule has 0 aliphatic heterocycles. The van der Waals surface area contributed by atoms with Crippen molar-refractivity contribution in [3.63, 3.8) is 0 Å². The van der Waals surface area contributed by atoms with Crippen LogP contribution in [0.2, 0.25) is 0 Å². The molecule has 2 amide bonds. The Bertz CT molecular complexity index is 922. The molecular weight excluding hydrogens is 397 g/mol. The summed E-state index contributed by atoms with van der Waals surface area (Å²) in [4.78, 5) is 25.0. The van der Waals surface area contributed by atoms with Gasteiger partial charge < -0.3 is 15.4 Å². The van der Waals surface area contributed by atoms with Crippen molar-refractivity contribution in [2.24, 2.45) is 5.92 Å².